The standard InChI is InChI=1S/C23H31N5O2/c1-18-11-15-28(16-12-18)14-6-13-24-22(29)26-20-9-5-10-21(17-20)27-23(30)25-19-7-3-2-4-8-19/h2-5,7-10,17-18H,6,11-16H2,1H3,(H2,24,26,29)(H2,25,27,30). The molecule has 0 spiro atoms. The molecule has 0 saturated carbocycles. The highest BCUT2D eigenvalue weighted by Gasteiger charge is 2.14. The number of hydrogen-bond acceptors (Lipinski definition) is 3. The number of carbonyl (C=O) groups is 2. The SMILES string of the molecule is CC1CCN(CCCNC(=O)Nc2cccc(NC(=O)Nc3ccccc3)c2)CC1. The summed E-state index contributed by atoms with van der Waals surface area (Å²) in [6.45, 7) is 6.28. The lowest BCUT2D eigenvalue weighted by Crippen LogP contribution is -2.36. The Bertz CT molecular complexity index is 819. The molecule has 0 aromatic heterocycles. The molecule has 0 radical (unpaired) electrons. The maximum absolute atomic E-state index is 12.1. The average molecular weight is 410 g/mol. The van der Waals surface area contributed by atoms with E-state index in [0.717, 1.165) is 32.0 Å². The van der Waals surface area contributed by atoms with Crippen LogP contribution in [0, 0.1) is 5.92 Å². The number of benzene rings is 2. The minimum atomic E-state index is -0.338. The van der Waals surface area contributed by atoms with Gasteiger partial charge < -0.3 is 26.2 Å². The molecule has 2 aromatic rings. The first kappa shape index (κ1) is 21.6. The summed E-state index contributed by atoms with van der Waals surface area (Å²) in [4.78, 5) is 26.7. The first-order valence-corrected chi connectivity index (χ1v) is 10.6. The van der Waals surface area contributed by atoms with Gasteiger partial charge in [0.2, 0.25) is 0 Å². The van der Waals surface area contributed by atoms with E-state index in [1.807, 2.05) is 30.3 Å². The Labute approximate surface area is 178 Å². The van der Waals surface area contributed by atoms with Crippen LogP contribution >= 0.6 is 0 Å². The van der Waals surface area contributed by atoms with Crippen molar-refractivity contribution in [2.75, 3.05) is 42.1 Å². The second-order valence-electron chi connectivity index (χ2n) is 7.78. The monoisotopic (exact) mass is 409 g/mol. The van der Waals surface area contributed by atoms with Crippen molar-refractivity contribution < 1.29 is 9.59 Å². The number of nitrogens with zero attached hydrogens (tertiary/aromatic N) is 1. The van der Waals surface area contributed by atoms with Gasteiger partial charge in [-0.15, -0.1) is 0 Å². The fourth-order valence-electron chi connectivity index (χ4n) is 3.46. The summed E-state index contributed by atoms with van der Waals surface area (Å²) in [6, 6.07) is 15.7. The number of nitrogens with one attached hydrogen (secondary N) is 4. The molecule has 30 heavy (non-hydrogen) atoms. The van der Waals surface area contributed by atoms with Gasteiger partial charge in [0.1, 0.15) is 0 Å². The van der Waals surface area contributed by atoms with E-state index in [1.165, 1.54) is 12.8 Å². The van der Waals surface area contributed by atoms with Crippen LogP contribution in [-0.2, 0) is 0 Å². The molecule has 1 saturated heterocycles. The fraction of sp³-hybridized carbons (Fsp3) is 0.391. The minimum absolute atomic E-state index is 0.242. The summed E-state index contributed by atoms with van der Waals surface area (Å²) in [5.74, 6) is 0.833. The predicted octanol–water partition coefficient (Wildman–Crippen LogP) is 4.57. The maximum atomic E-state index is 12.1. The molecule has 1 aliphatic heterocycles. The van der Waals surface area contributed by atoms with E-state index < -0.39 is 0 Å². The molecule has 7 heteroatoms. The minimum Gasteiger partial charge on any atom is -0.338 e. The van der Waals surface area contributed by atoms with Crippen LogP contribution in [0.5, 0.6) is 0 Å². The van der Waals surface area contributed by atoms with E-state index in [1.54, 1.807) is 24.3 Å². The molecule has 1 fully saturated rings. The van der Waals surface area contributed by atoms with Crippen LogP contribution in [0.3, 0.4) is 0 Å². The Morgan fingerprint density at radius 2 is 1.47 bits per heavy atom. The van der Waals surface area contributed by atoms with Gasteiger partial charge in [-0.3, -0.25) is 0 Å². The van der Waals surface area contributed by atoms with E-state index in [9.17, 15) is 9.59 Å². The summed E-state index contributed by atoms with van der Waals surface area (Å²) in [7, 11) is 0. The summed E-state index contributed by atoms with van der Waals surface area (Å²) in [6.07, 6.45) is 3.46. The lowest BCUT2D eigenvalue weighted by molar-refractivity contribution is 0.190. The largest absolute Gasteiger partial charge is 0.338 e. The Balaban J connectivity index is 1.37. The number of carbonyl (C=O) groups excluding carboxylic acids is 2. The van der Waals surface area contributed by atoms with Gasteiger partial charge in [-0.05, 0) is 75.1 Å². The summed E-state index contributed by atoms with van der Waals surface area (Å²) < 4.78 is 0. The molecule has 1 aliphatic rings. The van der Waals surface area contributed by atoms with Crippen LogP contribution in [-0.4, -0.2) is 43.1 Å². The topological polar surface area (TPSA) is 85.5 Å². The fourth-order valence-corrected chi connectivity index (χ4v) is 3.46. The lowest BCUT2D eigenvalue weighted by atomic mass is 9.99. The van der Waals surface area contributed by atoms with Crippen LogP contribution in [0.1, 0.15) is 26.2 Å². The van der Waals surface area contributed by atoms with Crippen molar-refractivity contribution in [3.05, 3.63) is 54.6 Å². The number of amides is 4. The van der Waals surface area contributed by atoms with E-state index in [2.05, 4.69) is 33.1 Å². The van der Waals surface area contributed by atoms with Crippen molar-refractivity contribution in [3.8, 4) is 0 Å². The number of likely N-dealkylation sites (tertiary alicyclic amines) is 1. The number of anilines is 3. The van der Waals surface area contributed by atoms with Crippen molar-refractivity contribution >= 4 is 29.1 Å². The molecule has 1 heterocycles. The molecule has 0 aliphatic carbocycles. The summed E-state index contributed by atoms with van der Waals surface area (Å²) in [5, 5.41) is 11.2. The molecule has 0 bridgehead atoms. The Hall–Kier alpha value is -3.06. The van der Waals surface area contributed by atoms with E-state index in [4.69, 9.17) is 0 Å². The Morgan fingerprint density at radius 3 is 2.17 bits per heavy atom. The third-order valence-electron chi connectivity index (χ3n) is 5.22. The van der Waals surface area contributed by atoms with Crippen molar-refractivity contribution in [2.24, 2.45) is 5.92 Å². The second kappa shape index (κ2) is 11.2. The zero-order valence-corrected chi connectivity index (χ0v) is 17.5. The molecule has 7 nitrogen and oxygen atoms in total. The smallest absolute Gasteiger partial charge is 0.323 e. The van der Waals surface area contributed by atoms with Gasteiger partial charge in [0.15, 0.2) is 0 Å². The predicted molar refractivity (Wildman–Crippen MR) is 122 cm³/mol. The van der Waals surface area contributed by atoms with Crippen molar-refractivity contribution in [1.29, 1.82) is 0 Å². The quantitative estimate of drug-likeness (QED) is 0.505. The summed E-state index contributed by atoms with van der Waals surface area (Å²) >= 11 is 0. The van der Waals surface area contributed by atoms with Crippen molar-refractivity contribution in [1.82, 2.24) is 10.2 Å². The second-order valence-corrected chi connectivity index (χ2v) is 7.78. The molecule has 3 rings (SSSR count). The van der Waals surface area contributed by atoms with Crippen LogP contribution in [0.15, 0.2) is 54.6 Å². The Morgan fingerprint density at radius 1 is 0.867 bits per heavy atom. The van der Waals surface area contributed by atoms with E-state index >= 15 is 0 Å². The van der Waals surface area contributed by atoms with Crippen LogP contribution < -0.4 is 21.3 Å². The molecule has 0 atom stereocenters. The molecular weight excluding hydrogens is 378 g/mol. The van der Waals surface area contributed by atoms with Crippen molar-refractivity contribution in [2.45, 2.75) is 26.2 Å². The van der Waals surface area contributed by atoms with Gasteiger partial charge in [-0.2, -0.15) is 0 Å². The van der Waals surface area contributed by atoms with Gasteiger partial charge in [-0.1, -0.05) is 31.2 Å². The van der Waals surface area contributed by atoms with Crippen molar-refractivity contribution in [3.63, 3.8) is 0 Å². The first-order chi connectivity index (χ1) is 14.6. The molecular formula is C23H31N5O2. The maximum Gasteiger partial charge on any atom is 0.323 e. The summed E-state index contributed by atoms with van der Waals surface area (Å²) in [5.41, 5.74) is 1.93. The van der Waals surface area contributed by atoms with E-state index in [-0.39, 0.29) is 12.1 Å². The highest BCUT2D eigenvalue weighted by Crippen LogP contribution is 2.17. The van der Waals surface area contributed by atoms with Gasteiger partial charge in [0.05, 0.1) is 0 Å². The third kappa shape index (κ3) is 7.40. The third-order valence-corrected chi connectivity index (χ3v) is 5.22. The van der Waals surface area contributed by atoms with Crippen LogP contribution in [0.25, 0.3) is 0 Å². The first-order valence-electron chi connectivity index (χ1n) is 10.6. The highest BCUT2D eigenvalue weighted by atomic mass is 16.2. The van der Waals surface area contributed by atoms with Gasteiger partial charge in [-0.25, -0.2) is 9.59 Å². The zero-order valence-electron chi connectivity index (χ0n) is 17.5. The van der Waals surface area contributed by atoms with E-state index in [0.29, 0.717) is 23.6 Å². The van der Waals surface area contributed by atoms with Gasteiger partial charge >= 0.3 is 12.1 Å². The number of hydrogen-bond donors (Lipinski definition) is 4. The number of urea groups is 2. The molecule has 4 amide bonds. The normalized spacial score (nSPS) is 14.7. The number of rotatable bonds is 7. The highest BCUT2D eigenvalue weighted by molar-refractivity contribution is 6.00. The average Bonchev–Trinajstić information content (AvgIpc) is 2.73. The van der Waals surface area contributed by atoms with Crippen LogP contribution in [0.2, 0.25) is 0 Å². The molecule has 2 aromatic carbocycles. The number of para-hydroxylation sites is 1. The van der Waals surface area contributed by atoms with Crippen LogP contribution in [0.4, 0.5) is 26.7 Å². The Kier molecular flexibility index (Phi) is 8.09. The van der Waals surface area contributed by atoms with Gasteiger partial charge in [0, 0.05) is 23.6 Å². The lowest BCUT2D eigenvalue weighted by Gasteiger charge is -2.30. The number of piperidine rings is 1. The molecule has 0 unspecified atom stereocenters. The zero-order chi connectivity index (χ0) is 21.2. The molecule has 160 valence electrons. The van der Waals surface area contributed by atoms with Gasteiger partial charge in [0.25, 0.3) is 0 Å². The molecule has 4 N–H and O–H groups in total.